The fourth-order valence-corrected chi connectivity index (χ4v) is 3.53. The molecule has 4 atom stereocenters. The largest absolute Gasteiger partial charge is 0.480 e. The van der Waals surface area contributed by atoms with E-state index >= 15 is 0 Å². The second-order valence-corrected chi connectivity index (χ2v) is 9.33. The number of amides is 4. The third-order valence-corrected chi connectivity index (χ3v) is 5.55. The van der Waals surface area contributed by atoms with Crippen LogP contribution in [0.1, 0.15) is 58.1 Å². The molecule has 4 unspecified atom stereocenters. The summed E-state index contributed by atoms with van der Waals surface area (Å²) in [7, 11) is 0. The molecule has 0 saturated heterocycles. The van der Waals surface area contributed by atoms with Crippen LogP contribution in [-0.2, 0) is 30.4 Å². The highest BCUT2D eigenvalue weighted by Crippen LogP contribution is 2.09. The van der Waals surface area contributed by atoms with Gasteiger partial charge >= 0.3 is 5.97 Å². The van der Waals surface area contributed by atoms with Crippen LogP contribution >= 0.6 is 0 Å². The number of rotatable bonds is 18. The molecule has 1 aromatic heterocycles. The van der Waals surface area contributed by atoms with Crippen molar-refractivity contribution in [3.05, 3.63) is 18.2 Å². The zero-order chi connectivity index (χ0) is 28.0. The Morgan fingerprint density at radius 2 is 1.59 bits per heavy atom. The summed E-state index contributed by atoms with van der Waals surface area (Å²) in [6.45, 7) is 4.11. The summed E-state index contributed by atoms with van der Waals surface area (Å²) in [4.78, 5) is 68.2. The first-order chi connectivity index (χ1) is 17.4. The fraction of sp³-hybridized carbons (Fsp3) is 0.652. The first-order valence-corrected chi connectivity index (χ1v) is 12.3. The van der Waals surface area contributed by atoms with Crippen molar-refractivity contribution >= 4 is 29.6 Å². The molecule has 0 radical (unpaired) electrons. The van der Waals surface area contributed by atoms with Gasteiger partial charge < -0.3 is 43.2 Å². The number of imidazole rings is 1. The zero-order valence-corrected chi connectivity index (χ0v) is 21.4. The minimum Gasteiger partial charge on any atom is -0.480 e. The van der Waals surface area contributed by atoms with E-state index in [2.05, 4.69) is 25.9 Å². The van der Waals surface area contributed by atoms with Crippen molar-refractivity contribution in [2.24, 2.45) is 23.1 Å². The average molecular weight is 525 g/mol. The van der Waals surface area contributed by atoms with E-state index in [4.69, 9.17) is 17.2 Å². The highest BCUT2D eigenvalue weighted by molar-refractivity contribution is 5.94. The smallest absolute Gasteiger partial charge is 0.326 e. The highest BCUT2D eigenvalue weighted by Gasteiger charge is 2.31. The lowest BCUT2D eigenvalue weighted by Gasteiger charge is -2.26. The quantitative estimate of drug-likeness (QED) is 0.101. The number of nitrogens with two attached hydrogens (primary N) is 3. The average Bonchev–Trinajstić information content (AvgIpc) is 3.33. The van der Waals surface area contributed by atoms with E-state index < -0.39 is 53.8 Å². The summed E-state index contributed by atoms with van der Waals surface area (Å²) in [6, 6.07) is -4.39. The Kier molecular flexibility index (Phi) is 13.9. The van der Waals surface area contributed by atoms with E-state index in [0.29, 0.717) is 25.1 Å². The maximum absolute atomic E-state index is 13.2. The van der Waals surface area contributed by atoms with Gasteiger partial charge in [0, 0.05) is 24.7 Å². The van der Waals surface area contributed by atoms with Crippen LogP contribution < -0.4 is 33.2 Å². The predicted molar refractivity (Wildman–Crippen MR) is 134 cm³/mol. The number of carbonyl (C=O) groups is 5. The molecule has 0 fully saturated rings. The van der Waals surface area contributed by atoms with Crippen LogP contribution in [0.3, 0.4) is 0 Å². The minimum atomic E-state index is -1.19. The topological polar surface area (TPSA) is 248 Å². The molecule has 0 aliphatic carbocycles. The molecule has 14 nitrogen and oxygen atoms in total. The van der Waals surface area contributed by atoms with Crippen LogP contribution in [0, 0.1) is 5.92 Å². The summed E-state index contributed by atoms with van der Waals surface area (Å²) < 4.78 is 0. The molecule has 1 rings (SSSR count). The van der Waals surface area contributed by atoms with Gasteiger partial charge in [0.1, 0.15) is 18.1 Å². The van der Waals surface area contributed by atoms with Gasteiger partial charge in [-0.1, -0.05) is 13.8 Å². The summed E-state index contributed by atoms with van der Waals surface area (Å²) in [5.74, 6) is -3.79. The molecule has 0 aliphatic rings. The van der Waals surface area contributed by atoms with Gasteiger partial charge in [-0.05, 0) is 44.6 Å². The van der Waals surface area contributed by atoms with Gasteiger partial charge in [0.2, 0.25) is 23.6 Å². The van der Waals surface area contributed by atoms with Gasteiger partial charge in [0.05, 0.1) is 12.4 Å². The van der Waals surface area contributed by atoms with Gasteiger partial charge in [-0.2, -0.15) is 0 Å². The monoisotopic (exact) mass is 524 g/mol. The van der Waals surface area contributed by atoms with E-state index in [0.717, 1.165) is 0 Å². The van der Waals surface area contributed by atoms with Crippen molar-refractivity contribution in [2.75, 3.05) is 6.54 Å². The highest BCUT2D eigenvalue weighted by atomic mass is 16.4. The summed E-state index contributed by atoms with van der Waals surface area (Å²) in [5, 5.41) is 17.2. The molecule has 0 spiro atoms. The van der Waals surface area contributed by atoms with Crippen molar-refractivity contribution in [1.29, 1.82) is 0 Å². The van der Waals surface area contributed by atoms with Crippen molar-refractivity contribution < 1.29 is 29.1 Å². The number of H-pyrrole nitrogens is 1. The van der Waals surface area contributed by atoms with Crippen molar-refractivity contribution in [3.8, 4) is 0 Å². The molecule has 0 aliphatic heterocycles. The van der Waals surface area contributed by atoms with Crippen LogP contribution in [0.4, 0.5) is 0 Å². The van der Waals surface area contributed by atoms with Crippen LogP contribution in [0.25, 0.3) is 0 Å². The number of hydrogen-bond acceptors (Lipinski definition) is 8. The molecule has 208 valence electrons. The number of unbranched alkanes of at least 4 members (excludes halogenated alkanes) is 1. The molecular weight excluding hydrogens is 484 g/mol. The van der Waals surface area contributed by atoms with E-state index in [-0.39, 0.29) is 38.0 Å². The number of nitrogens with zero attached hydrogens (tertiary/aromatic N) is 1. The Morgan fingerprint density at radius 3 is 2.14 bits per heavy atom. The Morgan fingerprint density at radius 1 is 0.973 bits per heavy atom. The minimum absolute atomic E-state index is 0.00131. The van der Waals surface area contributed by atoms with Gasteiger partial charge in [0.25, 0.3) is 0 Å². The molecule has 0 aromatic carbocycles. The maximum atomic E-state index is 13.2. The standard InChI is InChI=1S/C23H40N8O6/c1-13(2)9-17(21(34)29-16(23(36)37)5-3-4-8-24)31-22(35)18(10-14-11-27-12-28-14)30-20(33)15(25)6-7-19(26)32/h11-13,15-18H,3-10,24-25H2,1-2H3,(H2,26,32)(H,27,28)(H,29,34)(H,30,33)(H,31,35)(H,36,37). The van der Waals surface area contributed by atoms with Crippen LogP contribution in [0.2, 0.25) is 0 Å². The van der Waals surface area contributed by atoms with Crippen molar-refractivity contribution in [2.45, 2.75) is 83.0 Å². The number of aromatic nitrogens is 2. The molecule has 11 N–H and O–H groups in total. The first-order valence-electron chi connectivity index (χ1n) is 12.3. The SMILES string of the molecule is CC(C)CC(NC(=O)C(Cc1cnc[nH]1)NC(=O)C(N)CCC(N)=O)C(=O)NC(CCCCN)C(=O)O. The third-order valence-electron chi connectivity index (χ3n) is 5.55. The molecule has 4 amide bonds. The van der Waals surface area contributed by atoms with Crippen LogP contribution in [-0.4, -0.2) is 75.4 Å². The molecule has 0 saturated carbocycles. The Balaban J connectivity index is 3.00. The molecule has 14 heteroatoms. The second-order valence-electron chi connectivity index (χ2n) is 9.33. The summed E-state index contributed by atoms with van der Waals surface area (Å²) >= 11 is 0. The Bertz CT molecular complexity index is 892. The van der Waals surface area contributed by atoms with Gasteiger partial charge in [0.15, 0.2) is 0 Å². The zero-order valence-electron chi connectivity index (χ0n) is 21.4. The van der Waals surface area contributed by atoms with Gasteiger partial charge in [-0.3, -0.25) is 19.2 Å². The number of primary amides is 1. The van der Waals surface area contributed by atoms with Crippen molar-refractivity contribution in [1.82, 2.24) is 25.9 Å². The van der Waals surface area contributed by atoms with E-state index in [1.165, 1.54) is 12.5 Å². The first kappa shape index (κ1) is 31.5. The van der Waals surface area contributed by atoms with Crippen LogP contribution in [0.15, 0.2) is 12.5 Å². The number of aliphatic carboxylic acids is 1. The predicted octanol–water partition coefficient (Wildman–Crippen LogP) is -1.74. The van der Waals surface area contributed by atoms with Crippen molar-refractivity contribution in [3.63, 3.8) is 0 Å². The maximum Gasteiger partial charge on any atom is 0.326 e. The normalized spacial score (nSPS) is 14.3. The number of carboxylic acid groups (broad SMARTS) is 1. The molecule has 1 heterocycles. The number of carboxylic acids is 1. The molecular formula is C23H40N8O6. The van der Waals surface area contributed by atoms with Crippen LogP contribution in [0.5, 0.6) is 0 Å². The Hall–Kier alpha value is -3.52. The lowest BCUT2D eigenvalue weighted by atomic mass is 10.0. The van der Waals surface area contributed by atoms with E-state index in [9.17, 15) is 29.1 Å². The second kappa shape index (κ2) is 16.3. The number of hydrogen-bond donors (Lipinski definition) is 8. The molecule has 37 heavy (non-hydrogen) atoms. The number of nitrogens with one attached hydrogen (secondary N) is 4. The lowest BCUT2D eigenvalue weighted by molar-refractivity contribution is -0.142. The summed E-state index contributed by atoms with van der Waals surface area (Å²) in [5.41, 5.74) is 17.0. The van der Waals surface area contributed by atoms with E-state index in [1.54, 1.807) is 0 Å². The van der Waals surface area contributed by atoms with Gasteiger partial charge in [-0.15, -0.1) is 0 Å². The number of aromatic amines is 1. The number of carbonyl (C=O) groups excluding carboxylic acids is 4. The third kappa shape index (κ3) is 12.3. The summed E-state index contributed by atoms with van der Waals surface area (Å²) in [6.07, 6.45) is 4.38. The Labute approximate surface area is 215 Å². The molecule has 0 bridgehead atoms. The van der Waals surface area contributed by atoms with Gasteiger partial charge in [-0.25, -0.2) is 9.78 Å². The lowest BCUT2D eigenvalue weighted by Crippen LogP contribution is -2.57. The fourth-order valence-electron chi connectivity index (χ4n) is 3.53. The van der Waals surface area contributed by atoms with E-state index in [1.807, 2.05) is 13.8 Å². The molecule has 1 aromatic rings.